The monoisotopic (exact) mass is 330 g/mol. The standard InChI is InChI=1S/C13H20.C11H22/c1-3-8-12(9-4-2)13-10-6-5-7-11-13;1-4-6-7-10(5-2)11-8-9(11)3/h5-7,10-12H,3-4,8-9H2,1-2H3;9-11H,4-8H2,1-3H3/t;9?,10?,11-/m.0/s1. The molecule has 0 spiro atoms. The molecule has 1 saturated carbocycles. The molecule has 2 unspecified atom stereocenters. The highest BCUT2D eigenvalue weighted by Gasteiger charge is 2.37. The number of hydrogen-bond acceptors (Lipinski definition) is 0. The van der Waals surface area contributed by atoms with Crippen molar-refractivity contribution < 1.29 is 0 Å². The summed E-state index contributed by atoms with van der Waals surface area (Å²) in [4.78, 5) is 0. The van der Waals surface area contributed by atoms with Crippen LogP contribution in [-0.2, 0) is 0 Å². The predicted octanol–water partition coefficient (Wildman–Crippen LogP) is 8.23. The van der Waals surface area contributed by atoms with Gasteiger partial charge in [0, 0.05) is 0 Å². The van der Waals surface area contributed by atoms with Crippen molar-refractivity contribution in [3.63, 3.8) is 0 Å². The van der Waals surface area contributed by atoms with Gasteiger partial charge in [-0.25, -0.2) is 0 Å². The Hall–Kier alpha value is -0.780. The average Bonchev–Trinajstić information content (AvgIpc) is 3.33. The fourth-order valence-corrected chi connectivity index (χ4v) is 4.09. The van der Waals surface area contributed by atoms with Gasteiger partial charge in [0.2, 0.25) is 0 Å². The van der Waals surface area contributed by atoms with Crippen LogP contribution in [0.4, 0.5) is 0 Å². The first-order valence-electron chi connectivity index (χ1n) is 10.7. The lowest BCUT2D eigenvalue weighted by Crippen LogP contribution is -2.02. The van der Waals surface area contributed by atoms with Crippen LogP contribution in [0.3, 0.4) is 0 Å². The molecule has 3 atom stereocenters. The molecule has 0 heterocycles. The second-order valence-electron chi connectivity index (χ2n) is 7.87. The smallest absolute Gasteiger partial charge is 0.0162 e. The van der Waals surface area contributed by atoms with E-state index in [1.54, 1.807) is 0 Å². The van der Waals surface area contributed by atoms with E-state index in [2.05, 4.69) is 65.0 Å². The van der Waals surface area contributed by atoms with Gasteiger partial charge in [0.05, 0.1) is 0 Å². The molecule has 0 heteroatoms. The molecule has 1 fully saturated rings. The van der Waals surface area contributed by atoms with Gasteiger partial charge in [-0.05, 0) is 48.5 Å². The first-order valence-corrected chi connectivity index (χ1v) is 10.7. The summed E-state index contributed by atoms with van der Waals surface area (Å²) >= 11 is 0. The van der Waals surface area contributed by atoms with Gasteiger partial charge in [-0.15, -0.1) is 0 Å². The highest BCUT2D eigenvalue weighted by Crippen LogP contribution is 2.46. The van der Waals surface area contributed by atoms with E-state index >= 15 is 0 Å². The first kappa shape index (κ1) is 21.3. The maximum atomic E-state index is 2.40. The number of rotatable bonds is 10. The molecule has 0 nitrogen and oxygen atoms in total. The van der Waals surface area contributed by atoms with Crippen LogP contribution < -0.4 is 0 Å². The molecule has 1 aromatic carbocycles. The molecule has 0 radical (unpaired) electrons. The molecular weight excluding hydrogens is 288 g/mol. The van der Waals surface area contributed by atoms with Gasteiger partial charge in [0.15, 0.2) is 0 Å². The largest absolute Gasteiger partial charge is 0.0654 e. The van der Waals surface area contributed by atoms with Crippen molar-refractivity contribution in [3.05, 3.63) is 35.9 Å². The van der Waals surface area contributed by atoms with Crippen LogP contribution in [0.5, 0.6) is 0 Å². The SMILES string of the molecule is CCCC(CCC)c1ccccc1.CCCCC(CC)[C@H]1CC1C. The lowest BCUT2D eigenvalue weighted by molar-refractivity contribution is 0.385. The third kappa shape index (κ3) is 7.86. The van der Waals surface area contributed by atoms with Crippen molar-refractivity contribution in [2.75, 3.05) is 0 Å². The highest BCUT2D eigenvalue weighted by molar-refractivity contribution is 5.19. The highest BCUT2D eigenvalue weighted by atomic mass is 14.4. The Balaban J connectivity index is 0.000000243. The average molecular weight is 331 g/mol. The normalized spacial score (nSPS) is 20.4. The summed E-state index contributed by atoms with van der Waals surface area (Å²) < 4.78 is 0. The Kier molecular flexibility index (Phi) is 11.1. The summed E-state index contributed by atoms with van der Waals surface area (Å²) in [5.74, 6) is 4.00. The van der Waals surface area contributed by atoms with Crippen LogP contribution in [0, 0.1) is 17.8 Å². The Morgan fingerprint density at radius 3 is 1.88 bits per heavy atom. The Morgan fingerprint density at radius 2 is 1.46 bits per heavy atom. The zero-order valence-corrected chi connectivity index (χ0v) is 17.1. The minimum absolute atomic E-state index is 0.788. The Morgan fingerprint density at radius 1 is 0.875 bits per heavy atom. The zero-order chi connectivity index (χ0) is 17.8. The third-order valence-corrected chi connectivity index (χ3v) is 5.78. The molecule has 0 saturated heterocycles. The predicted molar refractivity (Wildman–Crippen MR) is 110 cm³/mol. The molecule has 1 aromatic rings. The van der Waals surface area contributed by atoms with Gasteiger partial charge < -0.3 is 0 Å². The van der Waals surface area contributed by atoms with Crippen LogP contribution in [-0.4, -0.2) is 0 Å². The molecule has 0 aliphatic heterocycles. The van der Waals surface area contributed by atoms with Crippen LogP contribution in [0.2, 0.25) is 0 Å². The molecule has 138 valence electrons. The number of hydrogen-bond donors (Lipinski definition) is 0. The van der Waals surface area contributed by atoms with Crippen LogP contribution in [0.25, 0.3) is 0 Å². The maximum Gasteiger partial charge on any atom is -0.0162 e. The van der Waals surface area contributed by atoms with Crippen LogP contribution in [0.1, 0.15) is 104 Å². The second-order valence-corrected chi connectivity index (χ2v) is 7.87. The summed E-state index contributed by atoms with van der Waals surface area (Å²) in [6.45, 7) is 11.6. The molecule has 2 rings (SSSR count). The summed E-state index contributed by atoms with van der Waals surface area (Å²) in [5.41, 5.74) is 1.52. The summed E-state index contributed by atoms with van der Waals surface area (Å²) in [7, 11) is 0. The van der Waals surface area contributed by atoms with Gasteiger partial charge >= 0.3 is 0 Å². The summed E-state index contributed by atoms with van der Waals surface area (Å²) in [5, 5.41) is 0. The van der Waals surface area contributed by atoms with E-state index in [9.17, 15) is 0 Å². The van der Waals surface area contributed by atoms with E-state index in [4.69, 9.17) is 0 Å². The van der Waals surface area contributed by atoms with Gasteiger partial charge in [-0.3, -0.25) is 0 Å². The number of benzene rings is 1. The molecule has 1 aliphatic carbocycles. The molecule has 0 aromatic heterocycles. The Labute approximate surface area is 152 Å². The van der Waals surface area contributed by atoms with Crippen molar-refractivity contribution in [2.24, 2.45) is 17.8 Å². The topological polar surface area (TPSA) is 0 Å². The van der Waals surface area contributed by atoms with Gasteiger partial charge in [0.25, 0.3) is 0 Å². The summed E-state index contributed by atoms with van der Waals surface area (Å²) in [6, 6.07) is 10.9. The molecule has 1 aliphatic rings. The first-order chi connectivity index (χ1) is 11.7. The molecular formula is C24H42. The third-order valence-electron chi connectivity index (χ3n) is 5.78. The maximum absolute atomic E-state index is 2.40. The van der Waals surface area contributed by atoms with E-state index in [1.165, 1.54) is 63.4 Å². The van der Waals surface area contributed by atoms with Crippen LogP contribution in [0.15, 0.2) is 30.3 Å². The molecule has 0 bridgehead atoms. The van der Waals surface area contributed by atoms with Crippen molar-refractivity contribution in [2.45, 2.75) is 98.3 Å². The fourth-order valence-electron chi connectivity index (χ4n) is 4.09. The lowest BCUT2D eigenvalue weighted by Gasteiger charge is -2.15. The van der Waals surface area contributed by atoms with E-state index in [-0.39, 0.29) is 0 Å². The van der Waals surface area contributed by atoms with E-state index in [0.29, 0.717) is 0 Å². The van der Waals surface area contributed by atoms with Crippen molar-refractivity contribution >= 4 is 0 Å². The minimum Gasteiger partial charge on any atom is -0.0654 e. The van der Waals surface area contributed by atoms with E-state index < -0.39 is 0 Å². The number of unbranched alkanes of at least 4 members (excludes halogenated alkanes) is 1. The van der Waals surface area contributed by atoms with Crippen molar-refractivity contribution in [1.82, 2.24) is 0 Å². The van der Waals surface area contributed by atoms with Gasteiger partial charge in [0.1, 0.15) is 0 Å². The molecule has 0 N–H and O–H groups in total. The second kappa shape index (κ2) is 12.6. The molecule has 0 amide bonds. The summed E-state index contributed by atoms with van der Waals surface area (Å²) in [6.07, 6.45) is 12.5. The zero-order valence-electron chi connectivity index (χ0n) is 17.1. The Bertz CT molecular complexity index is 388. The van der Waals surface area contributed by atoms with E-state index in [1.807, 2.05) is 0 Å². The fraction of sp³-hybridized carbons (Fsp3) is 0.750. The van der Waals surface area contributed by atoms with Crippen LogP contribution >= 0.6 is 0 Å². The van der Waals surface area contributed by atoms with E-state index in [0.717, 1.165) is 23.7 Å². The van der Waals surface area contributed by atoms with Gasteiger partial charge in [-0.2, -0.15) is 0 Å². The quantitative estimate of drug-likeness (QED) is 0.405. The van der Waals surface area contributed by atoms with Gasteiger partial charge in [-0.1, -0.05) is 103 Å². The minimum atomic E-state index is 0.788. The lowest BCUT2D eigenvalue weighted by atomic mass is 9.91. The molecule has 24 heavy (non-hydrogen) atoms. The van der Waals surface area contributed by atoms with Crippen molar-refractivity contribution in [3.8, 4) is 0 Å². The van der Waals surface area contributed by atoms with Crippen molar-refractivity contribution in [1.29, 1.82) is 0 Å².